The topological polar surface area (TPSA) is 64.6 Å². The van der Waals surface area contributed by atoms with Crippen LogP contribution >= 0.6 is 23.2 Å². The molecule has 0 unspecified atom stereocenters. The molecule has 1 N–H and O–H groups in total. The quantitative estimate of drug-likeness (QED) is 0.550. The summed E-state index contributed by atoms with van der Waals surface area (Å²) in [5.41, 5.74) is 0. The van der Waals surface area contributed by atoms with E-state index < -0.39 is 0 Å². The van der Waals surface area contributed by atoms with Crippen molar-refractivity contribution in [3.05, 3.63) is 28.2 Å². The summed E-state index contributed by atoms with van der Waals surface area (Å²) < 4.78 is 9.99. The van der Waals surface area contributed by atoms with Gasteiger partial charge in [0.05, 0.1) is 18.7 Å². The SMILES string of the molecule is COC(=O)CCCNC(=O)CCCOc1ccc(Cl)cc1Cl. The highest BCUT2D eigenvalue weighted by molar-refractivity contribution is 6.35. The summed E-state index contributed by atoms with van der Waals surface area (Å²) >= 11 is 11.8. The van der Waals surface area contributed by atoms with E-state index in [2.05, 4.69) is 10.1 Å². The number of halogens is 2. The summed E-state index contributed by atoms with van der Waals surface area (Å²) in [4.78, 5) is 22.4. The lowest BCUT2D eigenvalue weighted by Crippen LogP contribution is -2.25. The fraction of sp³-hybridized carbons (Fsp3) is 0.467. The van der Waals surface area contributed by atoms with E-state index in [9.17, 15) is 9.59 Å². The predicted molar refractivity (Wildman–Crippen MR) is 85.5 cm³/mol. The van der Waals surface area contributed by atoms with Gasteiger partial charge in [-0.2, -0.15) is 0 Å². The molecule has 22 heavy (non-hydrogen) atoms. The van der Waals surface area contributed by atoms with Gasteiger partial charge in [0.15, 0.2) is 0 Å². The fourth-order valence-corrected chi connectivity index (χ4v) is 2.12. The van der Waals surface area contributed by atoms with Crippen molar-refractivity contribution in [1.82, 2.24) is 5.32 Å². The molecule has 1 aromatic carbocycles. The van der Waals surface area contributed by atoms with Gasteiger partial charge in [-0.3, -0.25) is 9.59 Å². The molecule has 0 aliphatic carbocycles. The summed E-state index contributed by atoms with van der Waals surface area (Å²) in [7, 11) is 1.34. The second-order valence-electron chi connectivity index (χ2n) is 4.56. The Morgan fingerprint density at radius 2 is 1.95 bits per heavy atom. The number of rotatable bonds is 9. The lowest BCUT2D eigenvalue weighted by molar-refractivity contribution is -0.140. The van der Waals surface area contributed by atoms with Crippen molar-refractivity contribution in [3.63, 3.8) is 0 Å². The van der Waals surface area contributed by atoms with Gasteiger partial charge < -0.3 is 14.8 Å². The van der Waals surface area contributed by atoms with Gasteiger partial charge >= 0.3 is 5.97 Å². The fourth-order valence-electron chi connectivity index (χ4n) is 1.66. The van der Waals surface area contributed by atoms with Crippen LogP contribution in [0, 0.1) is 0 Å². The number of esters is 1. The van der Waals surface area contributed by atoms with Crippen molar-refractivity contribution in [1.29, 1.82) is 0 Å². The smallest absolute Gasteiger partial charge is 0.305 e. The van der Waals surface area contributed by atoms with Crippen LogP contribution in [0.5, 0.6) is 5.75 Å². The lowest BCUT2D eigenvalue weighted by atomic mass is 10.3. The number of benzene rings is 1. The van der Waals surface area contributed by atoms with Crippen molar-refractivity contribution >= 4 is 35.1 Å². The van der Waals surface area contributed by atoms with Gasteiger partial charge in [-0.05, 0) is 31.0 Å². The molecule has 0 heterocycles. The highest BCUT2D eigenvalue weighted by atomic mass is 35.5. The van der Waals surface area contributed by atoms with E-state index in [4.69, 9.17) is 27.9 Å². The number of hydrogen-bond acceptors (Lipinski definition) is 4. The van der Waals surface area contributed by atoms with Crippen LogP contribution in [0.1, 0.15) is 25.7 Å². The Hall–Kier alpha value is -1.46. The average Bonchev–Trinajstić information content (AvgIpc) is 2.49. The predicted octanol–water partition coefficient (Wildman–Crippen LogP) is 3.22. The van der Waals surface area contributed by atoms with Crippen LogP contribution in [0.25, 0.3) is 0 Å². The van der Waals surface area contributed by atoms with Crippen molar-refractivity contribution in [3.8, 4) is 5.75 Å². The number of carbonyl (C=O) groups is 2. The Morgan fingerprint density at radius 3 is 2.64 bits per heavy atom. The van der Waals surface area contributed by atoms with E-state index >= 15 is 0 Å². The normalized spacial score (nSPS) is 10.1. The molecule has 0 saturated carbocycles. The molecule has 1 aromatic rings. The highest BCUT2D eigenvalue weighted by Gasteiger charge is 2.05. The van der Waals surface area contributed by atoms with Crippen molar-refractivity contribution in [2.24, 2.45) is 0 Å². The third kappa shape index (κ3) is 7.52. The Morgan fingerprint density at radius 1 is 1.18 bits per heavy atom. The summed E-state index contributed by atoms with van der Waals surface area (Å²) in [6.45, 7) is 0.842. The van der Waals surface area contributed by atoms with Crippen LogP contribution in [-0.4, -0.2) is 32.1 Å². The molecule has 1 amide bonds. The second-order valence-corrected chi connectivity index (χ2v) is 5.40. The summed E-state index contributed by atoms with van der Waals surface area (Å²) in [6, 6.07) is 4.99. The van der Waals surface area contributed by atoms with Gasteiger partial charge in [-0.1, -0.05) is 23.2 Å². The van der Waals surface area contributed by atoms with Gasteiger partial charge in [0.2, 0.25) is 5.91 Å². The largest absolute Gasteiger partial charge is 0.492 e. The maximum Gasteiger partial charge on any atom is 0.305 e. The number of methoxy groups -OCH3 is 1. The lowest BCUT2D eigenvalue weighted by Gasteiger charge is -2.08. The van der Waals surface area contributed by atoms with Crippen LogP contribution in [0.15, 0.2) is 18.2 Å². The van der Waals surface area contributed by atoms with Gasteiger partial charge in [-0.25, -0.2) is 0 Å². The Bertz CT molecular complexity index is 508. The molecule has 0 atom stereocenters. The van der Waals surface area contributed by atoms with Crippen molar-refractivity contribution in [2.45, 2.75) is 25.7 Å². The van der Waals surface area contributed by atoms with E-state index in [1.54, 1.807) is 18.2 Å². The molecule has 7 heteroatoms. The zero-order valence-electron chi connectivity index (χ0n) is 12.4. The van der Waals surface area contributed by atoms with E-state index in [1.165, 1.54) is 7.11 Å². The van der Waals surface area contributed by atoms with Crippen LogP contribution in [0.4, 0.5) is 0 Å². The molecule has 122 valence electrons. The van der Waals surface area contributed by atoms with Crippen molar-refractivity contribution in [2.75, 3.05) is 20.3 Å². The number of carbonyl (C=O) groups excluding carboxylic acids is 2. The van der Waals surface area contributed by atoms with Crippen molar-refractivity contribution < 1.29 is 19.1 Å². The molecule has 0 spiro atoms. The summed E-state index contributed by atoms with van der Waals surface area (Å²) in [5, 5.41) is 3.72. The van der Waals surface area contributed by atoms with E-state index in [0.29, 0.717) is 54.6 Å². The minimum atomic E-state index is -0.275. The molecule has 5 nitrogen and oxygen atoms in total. The van der Waals surface area contributed by atoms with E-state index in [-0.39, 0.29) is 11.9 Å². The first-order valence-electron chi connectivity index (χ1n) is 6.94. The Balaban J connectivity index is 2.11. The Labute approximate surface area is 139 Å². The zero-order chi connectivity index (χ0) is 16.4. The maximum atomic E-state index is 11.6. The third-order valence-electron chi connectivity index (χ3n) is 2.81. The highest BCUT2D eigenvalue weighted by Crippen LogP contribution is 2.27. The van der Waals surface area contributed by atoms with Gasteiger partial charge in [0, 0.05) is 24.4 Å². The summed E-state index contributed by atoms with van der Waals surface area (Å²) in [6.07, 6.45) is 1.79. The third-order valence-corrected chi connectivity index (χ3v) is 3.34. The minimum absolute atomic E-state index is 0.0735. The molecule has 1 rings (SSSR count). The maximum absolute atomic E-state index is 11.6. The van der Waals surface area contributed by atoms with E-state index in [0.717, 1.165) is 0 Å². The molecule has 0 bridgehead atoms. The monoisotopic (exact) mass is 347 g/mol. The average molecular weight is 348 g/mol. The van der Waals surface area contributed by atoms with E-state index in [1.807, 2.05) is 0 Å². The minimum Gasteiger partial charge on any atom is -0.492 e. The standard InChI is InChI=1S/C15H19Cl2NO4/c1-21-15(20)5-2-8-18-14(19)4-3-9-22-13-7-6-11(16)10-12(13)17/h6-7,10H,2-5,8-9H2,1H3,(H,18,19). The number of hydrogen-bond donors (Lipinski definition) is 1. The van der Waals surface area contributed by atoms with Crippen LogP contribution in [0.2, 0.25) is 10.0 Å². The first-order chi connectivity index (χ1) is 10.5. The number of ether oxygens (including phenoxy) is 2. The molecule has 0 aliphatic rings. The molecule has 0 aliphatic heterocycles. The number of nitrogens with one attached hydrogen (secondary N) is 1. The molecular formula is C15H19Cl2NO4. The van der Waals surface area contributed by atoms with Crippen LogP contribution in [-0.2, 0) is 14.3 Å². The molecular weight excluding hydrogens is 329 g/mol. The van der Waals surface area contributed by atoms with Gasteiger partial charge in [-0.15, -0.1) is 0 Å². The molecule has 0 saturated heterocycles. The van der Waals surface area contributed by atoms with Gasteiger partial charge in [0.1, 0.15) is 5.75 Å². The molecule has 0 fully saturated rings. The first-order valence-corrected chi connectivity index (χ1v) is 7.70. The second kappa shape index (κ2) is 10.3. The zero-order valence-corrected chi connectivity index (χ0v) is 13.9. The molecule has 0 radical (unpaired) electrons. The summed E-state index contributed by atoms with van der Waals surface area (Å²) in [5.74, 6) is 0.197. The van der Waals surface area contributed by atoms with Crippen LogP contribution < -0.4 is 10.1 Å². The first kappa shape index (κ1) is 18.6. The molecule has 0 aromatic heterocycles. The van der Waals surface area contributed by atoms with Gasteiger partial charge in [0.25, 0.3) is 0 Å². The number of amides is 1. The van der Waals surface area contributed by atoms with Crippen LogP contribution in [0.3, 0.4) is 0 Å². The Kier molecular flexibility index (Phi) is 8.70.